The van der Waals surface area contributed by atoms with Crippen molar-refractivity contribution in [2.75, 3.05) is 26.2 Å². The summed E-state index contributed by atoms with van der Waals surface area (Å²) in [7, 11) is 0. The van der Waals surface area contributed by atoms with Crippen molar-refractivity contribution < 1.29 is 4.79 Å². The number of nitrogens with two attached hydrogens (primary N) is 1. The number of nitrogens with zero attached hydrogens (tertiary/aromatic N) is 2. The van der Waals surface area contributed by atoms with Crippen LogP contribution in [0, 0.1) is 0 Å². The molecule has 0 spiro atoms. The van der Waals surface area contributed by atoms with E-state index in [0.717, 1.165) is 44.2 Å². The molecule has 1 fully saturated rings. The van der Waals surface area contributed by atoms with E-state index in [9.17, 15) is 4.79 Å². The molecule has 1 atom stereocenters. The lowest BCUT2D eigenvalue weighted by atomic mass is 10.2. The van der Waals surface area contributed by atoms with Crippen molar-refractivity contribution in [3.63, 3.8) is 0 Å². The molecule has 0 saturated carbocycles. The summed E-state index contributed by atoms with van der Waals surface area (Å²) in [6, 6.07) is 7.54. The molecule has 1 heterocycles. The molecule has 1 aromatic carbocycles. The second-order valence-corrected chi connectivity index (χ2v) is 5.81. The third kappa shape index (κ3) is 4.20. The van der Waals surface area contributed by atoms with Crippen LogP contribution >= 0.6 is 11.6 Å². The van der Waals surface area contributed by atoms with E-state index in [4.69, 9.17) is 17.3 Å². The molecule has 0 aromatic heterocycles. The minimum Gasteiger partial charge on any atom is -0.340 e. The van der Waals surface area contributed by atoms with E-state index in [1.165, 1.54) is 5.56 Å². The van der Waals surface area contributed by atoms with E-state index in [2.05, 4.69) is 17.0 Å². The molecule has 1 amide bonds. The monoisotopic (exact) mass is 295 g/mol. The number of amides is 1. The predicted molar refractivity (Wildman–Crippen MR) is 81.6 cm³/mol. The van der Waals surface area contributed by atoms with Crippen molar-refractivity contribution in [2.45, 2.75) is 25.9 Å². The van der Waals surface area contributed by atoms with Crippen LogP contribution in [-0.2, 0) is 11.3 Å². The van der Waals surface area contributed by atoms with Gasteiger partial charge in [0, 0.05) is 37.7 Å². The number of carbonyl (C=O) groups excluding carboxylic acids is 1. The minimum atomic E-state index is -0.405. The molecule has 1 aliphatic rings. The van der Waals surface area contributed by atoms with Gasteiger partial charge in [-0.05, 0) is 31.0 Å². The molecule has 110 valence electrons. The maximum absolute atomic E-state index is 11.9. The summed E-state index contributed by atoms with van der Waals surface area (Å²) in [5, 5.41) is 0.762. The van der Waals surface area contributed by atoms with Gasteiger partial charge in [0.25, 0.3) is 0 Å². The molecule has 0 aliphatic carbocycles. The van der Waals surface area contributed by atoms with Crippen LogP contribution < -0.4 is 5.73 Å². The molecule has 0 radical (unpaired) electrons. The summed E-state index contributed by atoms with van der Waals surface area (Å²) < 4.78 is 0. The molecule has 0 bridgehead atoms. The Hall–Kier alpha value is -1.10. The first kappa shape index (κ1) is 15.3. The van der Waals surface area contributed by atoms with Gasteiger partial charge < -0.3 is 10.6 Å². The average Bonchev–Trinajstić information content (AvgIpc) is 2.66. The summed E-state index contributed by atoms with van der Waals surface area (Å²) in [6.45, 7) is 6.11. The lowest BCUT2D eigenvalue weighted by Crippen LogP contribution is -2.43. The molecular formula is C15H22ClN3O. The zero-order valence-corrected chi connectivity index (χ0v) is 12.6. The van der Waals surface area contributed by atoms with Crippen molar-refractivity contribution in [3.8, 4) is 0 Å². The quantitative estimate of drug-likeness (QED) is 0.924. The SMILES string of the molecule is CC(N)C(=O)N1CCCN(Cc2ccc(Cl)cc2)CC1. The van der Waals surface area contributed by atoms with Crippen LogP contribution in [0.2, 0.25) is 5.02 Å². The molecule has 4 nitrogen and oxygen atoms in total. The lowest BCUT2D eigenvalue weighted by molar-refractivity contribution is -0.132. The second-order valence-electron chi connectivity index (χ2n) is 5.37. The number of benzene rings is 1. The molecule has 1 unspecified atom stereocenters. The summed E-state index contributed by atoms with van der Waals surface area (Å²) in [5.74, 6) is 0.0540. The van der Waals surface area contributed by atoms with Crippen LogP contribution in [0.4, 0.5) is 0 Å². The average molecular weight is 296 g/mol. The van der Waals surface area contributed by atoms with E-state index in [1.54, 1.807) is 6.92 Å². The van der Waals surface area contributed by atoms with Crippen LogP contribution in [-0.4, -0.2) is 47.9 Å². The maximum Gasteiger partial charge on any atom is 0.239 e. The van der Waals surface area contributed by atoms with E-state index < -0.39 is 6.04 Å². The first-order valence-electron chi connectivity index (χ1n) is 7.07. The fraction of sp³-hybridized carbons (Fsp3) is 0.533. The highest BCUT2D eigenvalue weighted by molar-refractivity contribution is 6.30. The van der Waals surface area contributed by atoms with Crippen LogP contribution in [0.1, 0.15) is 18.9 Å². The fourth-order valence-electron chi connectivity index (χ4n) is 2.49. The van der Waals surface area contributed by atoms with Gasteiger partial charge in [0.1, 0.15) is 0 Å². The van der Waals surface area contributed by atoms with Crippen molar-refractivity contribution in [1.29, 1.82) is 0 Å². The van der Waals surface area contributed by atoms with Gasteiger partial charge >= 0.3 is 0 Å². The van der Waals surface area contributed by atoms with Crippen molar-refractivity contribution in [2.24, 2.45) is 5.73 Å². The van der Waals surface area contributed by atoms with Crippen molar-refractivity contribution in [3.05, 3.63) is 34.9 Å². The Kier molecular flexibility index (Phi) is 5.40. The Morgan fingerprint density at radius 3 is 2.60 bits per heavy atom. The normalized spacial score (nSPS) is 18.6. The molecule has 5 heteroatoms. The van der Waals surface area contributed by atoms with Gasteiger partial charge in [-0.2, -0.15) is 0 Å². The number of rotatable bonds is 3. The van der Waals surface area contributed by atoms with Crippen LogP contribution in [0.5, 0.6) is 0 Å². The molecule has 1 aromatic rings. The molecule has 2 rings (SSSR count). The standard InChI is InChI=1S/C15H22ClN3O/c1-12(17)15(20)19-8-2-7-18(9-10-19)11-13-3-5-14(16)6-4-13/h3-6,12H,2,7-11,17H2,1H3. The molecule has 2 N–H and O–H groups in total. The molecule has 1 saturated heterocycles. The van der Waals surface area contributed by atoms with Gasteiger partial charge in [-0.25, -0.2) is 0 Å². The largest absolute Gasteiger partial charge is 0.340 e. The summed E-state index contributed by atoms with van der Waals surface area (Å²) in [6.07, 6.45) is 0.992. The topological polar surface area (TPSA) is 49.6 Å². The first-order chi connectivity index (χ1) is 9.56. The third-order valence-electron chi connectivity index (χ3n) is 3.61. The number of hydrogen-bond donors (Lipinski definition) is 1. The second kappa shape index (κ2) is 7.07. The Balaban J connectivity index is 1.89. The highest BCUT2D eigenvalue weighted by Gasteiger charge is 2.21. The van der Waals surface area contributed by atoms with Crippen molar-refractivity contribution in [1.82, 2.24) is 9.80 Å². The van der Waals surface area contributed by atoms with E-state index in [1.807, 2.05) is 17.0 Å². The summed E-state index contributed by atoms with van der Waals surface area (Å²) >= 11 is 5.89. The highest BCUT2D eigenvalue weighted by Crippen LogP contribution is 2.13. The van der Waals surface area contributed by atoms with E-state index >= 15 is 0 Å². The highest BCUT2D eigenvalue weighted by atomic mass is 35.5. The Bertz CT molecular complexity index is 447. The lowest BCUT2D eigenvalue weighted by Gasteiger charge is -2.23. The summed E-state index contributed by atoms with van der Waals surface area (Å²) in [4.78, 5) is 16.2. The molecule has 1 aliphatic heterocycles. The van der Waals surface area contributed by atoms with Gasteiger partial charge in [0.05, 0.1) is 6.04 Å². The zero-order valence-electron chi connectivity index (χ0n) is 11.9. The van der Waals surface area contributed by atoms with Gasteiger partial charge in [0.2, 0.25) is 5.91 Å². The van der Waals surface area contributed by atoms with Gasteiger partial charge in [0.15, 0.2) is 0 Å². The maximum atomic E-state index is 11.9. The van der Waals surface area contributed by atoms with E-state index in [0.29, 0.717) is 0 Å². The number of carbonyl (C=O) groups is 1. The predicted octanol–water partition coefficient (Wildman–Crippen LogP) is 1.72. The third-order valence-corrected chi connectivity index (χ3v) is 3.86. The molecule has 20 heavy (non-hydrogen) atoms. The smallest absolute Gasteiger partial charge is 0.239 e. The van der Waals surface area contributed by atoms with Gasteiger partial charge in [-0.15, -0.1) is 0 Å². The Morgan fingerprint density at radius 2 is 1.95 bits per heavy atom. The Labute approximate surface area is 125 Å². The van der Waals surface area contributed by atoms with Crippen LogP contribution in [0.15, 0.2) is 24.3 Å². The van der Waals surface area contributed by atoms with Gasteiger partial charge in [-0.3, -0.25) is 9.69 Å². The summed E-state index contributed by atoms with van der Waals surface area (Å²) in [5.41, 5.74) is 6.92. The van der Waals surface area contributed by atoms with Crippen LogP contribution in [0.3, 0.4) is 0 Å². The fourth-order valence-corrected chi connectivity index (χ4v) is 2.61. The first-order valence-corrected chi connectivity index (χ1v) is 7.45. The molecular weight excluding hydrogens is 274 g/mol. The van der Waals surface area contributed by atoms with Gasteiger partial charge in [-0.1, -0.05) is 23.7 Å². The zero-order chi connectivity index (χ0) is 14.5. The minimum absolute atomic E-state index is 0.0540. The number of halogens is 1. The number of hydrogen-bond acceptors (Lipinski definition) is 3. The Morgan fingerprint density at radius 1 is 1.25 bits per heavy atom. The van der Waals surface area contributed by atoms with E-state index in [-0.39, 0.29) is 5.91 Å². The van der Waals surface area contributed by atoms with Crippen LogP contribution in [0.25, 0.3) is 0 Å². The van der Waals surface area contributed by atoms with Crippen molar-refractivity contribution >= 4 is 17.5 Å².